The maximum atomic E-state index is 12.9. The van der Waals surface area contributed by atoms with Gasteiger partial charge in [0.2, 0.25) is 0 Å². The van der Waals surface area contributed by atoms with Crippen LogP contribution >= 0.6 is 0 Å². The van der Waals surface area contributed by atoms with E-state index in [0.717, 1.165) is 0 Å². The number of hydrogen-bond acceptors (Lipinski definition) is 5. The molecule has 2 atom stereocenters. The molecule has 7 heteroatoms. The van der Waals surface area contributed by atoms with E-state index in [1.165, 1.54) is 45.2 Å². The molecule has 0 heterocycles. The van der Waals surface area contributed by atoms with Crippen molar-refractivity contribution in [1.82, 2.24) is 0 Å². The molecule has 2 rings (SSSR count). The van der Waals surface area contributed by atoms with Gasteiger partial charge < -0.3 is 19.5 Å². The van der Waals surface area contributed by atoms with Gasteiger partial charge in [-0.1, -0.05) is 12.1 Å². The summed E-state index contributed by atoms with van der Waals surface area (Å²) in [5.41, 5.74) is 0.471. The zero-order valence-electron chi connectivity index (χ0n) is 14.7. The number of carbonyl (C=O) groups excluding carboxylic acids is 2. The Morgan fingerprint density at radius 1 is 1.00 bits per heavy atom. The normalized spacial score (nSPS) is 12.6. The van der Waals surface area contributed by atoms with Gasteiger partial charge in [0, 0.05) is 0 Å². The van der Waals surface area contributed by atoms with Gasteiger partial charge >= 0.3 is 5.97 Å². The number of esters is 1. The lowest BCUT2D eigenvalue weighted by atomic mass is 10.2. The van der Waals surface area contributed by atoms with E-state index in [1.807, 2.05) is 0 Å². The van der Waals surface area contributed by atoms with Crippen LogP contribution in [0.4, 0.5) is 10.1 Å². The molecule has 1 amide bonds. The van der Waals surface area contributed by atoms with E-state index < -0.39 is 29.9 Å². The van der Waals surface area contributed by atoms with Crippen molar-refractivity contribution in [3.63, 3.8) is 0 Å². The molecular formula is C19H20FNO5. The van der Waals surface area contributed by atoms with E-state index in [1.54, 1.807) is 24.3 Å². The molecule has 0 saturated carbocycles. The number of hydrogen-bond donors (Lipinski definition) is 1. The van der Waals surface area contributed by atoms with Crippen molar-refractivity contribution in [1.29, 1.82) is 0 Å². The molecule has 0 aromatic heterocycles. The molecule has 26 heavy (non-hydrogen) atoms. The van der Waals surface area contributed by atoms with Crippen LogP contribution in [0, 0.1) is 5.82 Å². The number of halogens is 1. The molecule has 2 aromatic carbocycles. The highest BCUT2D eigenvalue weighted by atomic mass is 19.1. The number of carbonyl (C=O) groups is 2. The van der Waals surface area contributed by atoms with Gasteiger partial charge in [-0.15, -0.1) is 0 Å². The van der Waals surface area contributed by atoms with E-state index in [9.17, 15) is 14.0 Å². The molecule has 0 fully saturated rings. The zero-order valence-corrected chi connectivity index (χ0v) is 14.7. The van der Waals surface area contributed by atoms with Gasteiger partial charge in [-0.05, 0) is 50.2 Å². The van der Waals surface area contributed by atoms with Crippen LogP contribution < -0.4 is 14.8 Å². The van der Waals surface area contributed by atoms with E-state index in [-0.39, 0.29) is 0 Å². The monoisotopic (exact) mass is 361 g/mol. The van der Waals surface area contributed by atoms with E-state index in [2.05, 4.69) is 5.32 Å². The average Bonchev–Trinajstić information content (AvgIpc) is 2.63. The maximum Gasteiger partial charge on any atom is 0.347 e. The molecular weight excluding hydrogens is 341 g/mol. The number of ether oxygens (including phenoxy) is 3. The Balaban J connectivity index is 1.90. The third-order valence-electron chi connectivity index (χ3n) is 3.49. The minimum atomic E-state index is -1.04. The first-order valence-corrected chi connectivity index (χ1v) is 7.97. The minimum absolute atomic E-state index is 0.321. The highest BCUT2D eigenvalue weighted by Crippen LogP contribution is 2.23. The maximum absolute atomic E-state index is 12.9. The van der Waals surface area contributed by atoms with E-state index in [4.69, 9.17) is 14.2 Å². The SMILES string of the molecule is COc1ccccc1NC(=O)[C@H](C)OC(=O)[C@H](C)Oc1ccc(F)cc1. The molecule has 0 aliphatic heterocycles. The third-order valence-corrected chi connectivity index (χ3v) is 3.49. The summed E-state index contributed by atoms with van der Waals surface area (Å²) in [6, 6.07) is 12.1. The first kappa shape index (κ1) is 19.2. The van der Waals surface area contributed by atoms with Crippen molar-refractivity contribution < 1.29 is 28.2 Å². The number of amides is 1. The molecule has 0 spiro atoms. The number of para-hydroxylation sites is 2. The van der Waals surface area contributed by atoms with Crippen LogP contribution in [-0.4, -0.2) is 31.2 Å². The fraction of sp³-hybridized carbons (Fsp3) is 0.263. The van der Waals surface area contributed by atoms with Crippen LogP contribution in [0.5, 0.6) is 11.5 Å². The van der Waals surface area contributed by atoms with Crippen molar-refractivity contribution >= 4 is 17.6 Å². The van der Waals surface area contributed by atoms with E-state index >= 15 is 0 Å². The molecule has 0 unspecified atom stereocenters. The lowest BCUT2D eigenvalue weighted by molar-refractivity contribution is -0.159. The summed E-state index contributed by atoms with van der Waals surface area (Å²) in [6.45, 7) is 2.93. The van der Waals surface area contributed by atoms with Crippen LogP contribution in [0.1, 0.15) is 13.8 Å². The zero-order chi connectivity index (χ0) is 19.1. The molecule has 6 nitrogen and oxygen atoms in total. The molecule has 0 aliphatic carbocycles. The largest absolute Gasteiger partial charge is 0.495 e. The van der Waals surface area contributed by atoms with Gasteiger partial charge in [0.25, 0.3) is 5.91 Å². The summed E-state index contributed by atoms with van der Waals surface area (Å²) >= 11 is 0. The van der Waals surface area contributed by atoms with Gasteiger partial charge in [-0.2, -0.15) is 0 Å². The molecule has 0 aliphatic rings. The number of anilines is 1. The second kappa shape index (κ2) is 8.84. The second-order valence-corrected chi connectivity index (χ2v) is 5.48. The number of rotatable bonds is 7. The molecule has 0 bridgehead atoms. The molecule has 0 saturated heterocycles. The van der Waals surface area contributed by atoms with Crippen molar-refractivity contribution in [2.24, 2.45) is 0 Å². The third kappa shape index (κ3) is 5.20. The average molecular weight is 361 g/mol. The van der Waals surface area contributed by atoms with Gasteiger partial charge in [0.05, 0.1) is 12.8 Å². The fourth-order valence-electron chi connectivity index (χ4n) is 2.07. The van der Waals surface area contributed by atoms with Crippen LogP contribution in [0.25, 0.3) is 0 Å². The molecule has 2 aromatic rings. The van der Waals surface area contributed by atoms with Crippen LogP contribution in [0.3, 0.4) is 0 Å². The predicted molar refractivity (Wildman–Crippen MR) is 93.7 cm³/mol. The topological polar surface area (TPSA) is 73.9 Å². The first-order chi connectivity index (χ1) is 12.4. The van der Waals surface area contributed by atoms with Crippen molar-refractivity contribution in [3.05, 3.63) is 54.3 Å². The Morgan fingerprint density at radius 2 is 1.65 bits per heavy atom. The Bertz CT molecular complexity index is 763. The highest BCUT2D eigenvalue weighted by Gasteiger charge is 2.23. The fourth-order valence-corrected chi connectivity index (χ4v) is 2.07. The lowest BCUT2D eigenvalue weighted by Gasteiger charge is -2.18. The Morgan fingerprint density at radius 3 is 2.31 bits per heavy atom. The van der Waals surface area contributed by atoms with Crippen LogP contribution in [-0.2, 0) is 14.3 Å². The smallest absolute Gasteiger partial charge is 0.347 e. The van der Waals surface area contributed by atoms with Crippen molar-refractivity contribution in [2.75, 3.05) is 12.4 Å². The summed E-state index contributed by atoms with van der Waals surface area (Å²) in [6.07, 6.45) is -1.99. The summed E-state index contributed by atoms with van der Waals surface area (Å²) < 4.78 is 28.5. The highest BCUT2D eigenvalue weighted by molar-refractivity contribution is 5.96. The minimum Gasteiger partial charge on any atom is -0.495 e. The summed E-state index contributed by atoms with van der Waals surface area (Å²) in [5.74, 6) is -0.808. The standard InChI is InChI=1S/C19H20FNO5/c1-12(18(22)21-16-6-4-5-7-17(16)24-3)26-19(23)13(2)25-15-10-8-14(20)9-11-15/h4-13H,1-3H3,(H,21,22)/t12-,13-/m0/s1. The number of benzene rings is 2. The summed E-state index contributed by atoms with van der Waals surface area (Å²) in [4.78, 5) is 24.3. The van der Waals surface area contributed by atoms with Crippen molar-refractivity contribution in [3.8, 4) is 11.5 Å². The Hall–Kier alpha value is -3.09. The van der Waals surface area contributed by atoms with Gasteiger partial charge in [-0.25, -0.2) is 9.18 Å². The Labute approximate surface area is 150 Å². The predicted octanol–water partition coefficient (Wildman–Crippen LogP) is 3.17. The van der Waals surface area contributed by atoms with Gasteiger partial charge in [0.15, 0.2) is 12.2 Å². The van der Waals surface area contributed by atoms with Crippen LogP contribution in [0.15, 0.2) is 48.5 Å². The molecule has 0 radical (unpaired) electrons. The quantitative estimate of drug-likeness (QED) is 0.767. The summed E-state index contributed by atoms with van der Waals surface area (Å²) in [5, 5.41) is 2.64. The second-order valence-electron chi connectivity index (χ2n) is 5.48. The number of nitrogens with one attached hydrogen (secondary N) is 1. The summed E-state index contributed by atoms with van der Waals surface area (Å²) in [7, 11) is 1.49. The van der Waals surface area contributed by atoms with Crippen LogP contribution in [0.2, 0.25) is 0 Å². The molecule has 138 valence electrons. The Kier molecular flexibility index (Phi) is 6.54. The number of methoxy groups -OCH3 is 1. The van der Waals surface area contributed by atoms with Crippen molar-refractivity contribution in [2.45, 2.75) is 26.1 Å². The van der Waals surface area contributed by atoms with Gasteiger partial charge in [0.1, 0.15) is 17.3 Å². The lowest BCUT2D eigenvalue weighted by Crippen LogP contribution is -2.35. The van der Waals surface area contributed by atoms with E-state index in [0.29, 0.717) is 17.2 Å². The first-order valence-electron chi connectivity index (χ1n) is 7.97. The van der Waals surface area contributed by atoms with Gasteiger partial charge in [-0.3, -0.25) is 4.79 Å². The molecule has 1 N–H and O–H groups in total.